The van der Waals surface area contributed by atoms with E-state index >= 15 is 0 Å². The lowest BCUT2D eigenvalue weighted by Crippen LogP contribution is -2.41. The molecule has 1 saturated heterocycles. The quantitative estimate of drug-likeness (QED) is 0.411. The van der Waals surface area contributed by atoms with Crippen LogP contribution in [-0.2, 0) is 10.0 Å². The van der Waals surface area contributed by atoms with Gasteiger partial charge < -0.3 is 15.3 Å². The van der Waals surface area contributed by atoms with Gasteiger partial charge in [0.05, 0.1) is 24.8 Å². The van der Waals surface area contributed by atoms with Crippen molar-refractivity contribution in [3.8, 4) is 11.3 Å². The van der Waals surface area contributed by atoms with Crippen molar-refractivity contribution in [3.05, 3.63) is 36.2 Å². The second-order valence-corrected chi connectivity index (χ2v) is 10.1. The molecule has 0 saturated carbocycles. The first-order valence-electron chi connectivity index (χ1n) is 10.9. The molecule has 3 aromatic heterocycles. The molecule has 3 N–H and O–H groups in total. The molecule has 1 fully saturated rings. The number of aromatic nitrogens is 4. The lowest BCUT2D eigenvalue weighted by molar-refractivity contribution is 0.144. The first kappa shape index (κ1) is 24.2. The van der Waals surface area contributed by atoms with Crippen molar-refractivity contribution < 1.29 is 22.3 Å². The van der Waals surface area contributed by atoms with E-state index in [-0.39, 0.29) is 24.8 Å². The van der Waals surface area contributed by atoms with Crippen LogP contribution < -0.4 is 14.9 Å². The summed E-state index contributed by atoms with van der Waals surface area (Å²) in [7, 11) is -3.28. The van der Waals surface area contributed by atoms with E-state index in [4.69, 9.17) is 0 Å². The minimum atomic E-state index is -3.28. The van der Waals surface area contributed by atoms with Gasteiger partial charge in [0.25, 0.3) is 6.43 Å². The number of halogens is 2. The molecule has 1 aliphatic rings. The summed E-state index contributed by atoms with van der Waals surface area (Å²) >= 11 is 0. The van der Waals surface area contributed by atoms with E-state index < -0.39 is 16.4 Å². The van der Waals surface area contributed by atoms with Crippen molar-refractivity contribution in [3.63, 3.8) is 0 Å². The summed E-state index contributed by atoms with van der Waals surface area (Å²) in [6.45, 7) is 1.90. The fraction of sp³-hybridized carbons (Fsp3) is 0.476. The highest BCUT2D eigenvalue weighted by Crippen LogP contribution is 2.30. The zero-order chi connectivity index (χ0) is 24.3. The number of nitrogens with one attached hydrogen (secondary N) is 2. The number of alkyl halides is 2. The van der Waals surface area contributed by atoms with Gasteiger partial charge in [-0.15, -0.1) is 0 Å². The van der Waals surface area contributed by atoms with Crippen LogP contribution in [-0.4, -0.2) is 72.1 Å². The fourth-order valence-corrected chi connectivity index (χ4v) is 4.55. The van der Waals surface area contributed by atoms with E-state index in [1.165, 1.54) is 16.6 Å². The molecule has 4 rings (SSSR count). The molecule has 3 aromatic rings. The number of hydrogen-bond donors (Lipinski definition) is 3. The summed E-state index contributed by atoms with van der Waals surface area (Å²) in [6, 6.07) is 6.35. The number of sulfonamides is 1. The number of pyridine rings is 1. The van der Waals surface area contributed by atoms with Crippen LogP contribution in [0.25, 0.3) is 16.9 Å². The van der Waals surface area contributed by atoms with Gasteiger partial charge >= 0.3 is 0 Å². The average Bonchev–Trinajstić information content (AvgIpc) is 3.24. The summed E-state index contributed by atoms with van der Waals surface area (Å²) in [5.41, 5.74) is 1.29. The van der Waals surface area contributed by atoms with Crippen molar-refractivity contribution in [1.29, 1.82) is 0 Å². The highest BCUT2D eigenvalue weighted by atomic mass is 32.2. The molecule has 184 valence electrons. The molecule has 0 spiro atoms. The maximum Gasteiger partial charge on any atom is 0.282 e. The van der Waals surface area contributed by atoms with E-state index in [9.17, 15) is 22.3 Å². The Morgan fingerprint density at radius 2 is 2.12 bits per heavy atom. The van der Waals surface area contributed by atoms with Crippen molar-refractivity contribution in [2.75, 3.05) is 49.3 Å². The van der Waals surface area contributed by atoms with E-state index in [2.05, 4.69) is 30.0 Å². The highest BCUT2D eigenvalue weighted by Gasteiger charge is 2.23. The predicted molar refractivity (Wildman–Crippen MR) is 125 cm³/mol. The van der Waals surface area contributed by atoms with Crippen LogP contribution in [0.5, 0.6) is 0 Å². The maximum absolute atomic E-state index is 13.2. The number of aliphatic hydroxyl groups excluding tert-OH is 1. The van der Waals surface area contributed by atoms with Gasteiger partial charge in [0.1, 0.15) is 17.3 Å². The SMILES string of the molecule is CS(=O)(=O)NCC1CCCN(c2cc(-c3cnc4ccc(C(F)F)nn34)cc(NCCO)n2)C1. The van der Waals surface area contributed by atoms with E-state index in [0.717, 1.165) is 25.6 Å². The molecule has 4 heterocycles. The zero-order valence-corrected chi connectivity index (χ0v) is 19.5. The number of imidazole rings is 1. The van der Waals surface area contributed by atoms with Crippen LogP contribution in [0.3, 0.4) is 0 Å². The standard InChI is InChI=1S/C21H27F2N7O3S/c1-34(32,33)26-11-14-3-2-7-29(13-14)20-10-15(9-18(27-20)24-6-8-31)17-12-25-19-5-4-16(21(22)23)28-30(17)19/h4-5,9-10,12,14,21,26,31H,2-3,6-8,11,13H2,1H3,(H,24,27). The monoisotopic (exact) mass is 495 g/mol. The number of aliphatic hydroxyl groups is 1. The molecule has 34 heavy (non-hydrogen) atoms. The van der Waals surface area contributed by atoms with Crippen molar-refractivity contribution in [1.82, 2.24) is 24.3 Å². The molecule has 1 atom stereocenters. The van der Waals surface area contributed by atoms with Crippen LogP contribution in [0.4, 0.5) is 20.4 Å². The van der Waals surface area contributed by atoms with E-state index in [0.29, 0.717) is 41.6 Å². The highest BCUT2D eigenvalue weighted by molar-refractivity contribution is 7.88. The molecule has 0 bridgehead atoms. The maximum atomic E-state index is 13.2. The number of hydrogen-bond acceptors (Lipinski definition) is 8. The predicted octanol–water partition coefficient (Wildman–Crippen LogP) is 1.90. The second kappa shape index (κ2) is 10.2. The lowest BCUT2D eigenvalue weighted by Gasteiger charge is -2.34. The van der Waals surface area contributed by atoms with Crippen LogP contribution in [0, 0.1) is 5.92 Å². The van der Waals surface area contributed by atoms with Gasteiger partial charge in [0, 0.05) is 31.7 Å². The molecule has 0 radical (unpaired) electrons. The summed E-state index contributed by atoms with van der Waals surface area (Å²) in [4.78, 5) is 11.0. The first-order valence-corrected chi connectivity index (χ1v) is 12.8. The van der Waals surface area contributed by atoms with Crippen molar-refractivity contribution >= 4 is 27.3 Å². The average molecular weight is 496 g/mol. The van der Waals surface area contributed by atoms with Crippen LogP contribution in [0.1, 0.15) is 25.0 Å². The normalized spacial score (nSPS) is 17.0. The van der Waals surface area contributed by atoms with Gasteiger partial charge in [-0.3, -0.25) is 0 Å². The van der Waals surface area contributed by atoms with Gasteiger partial charge in [-0.05, 0) is 43.0 Å². The Balaban J connectivity index is 1.68. The lowest BCUT2D eigenvalue weighted by atomic mass is 9.98. The van der Waals surface area contributed by atoms with E-state index in [1.54, 1.807) is 12.3 Å². The molecule has 10 nitrogen and oxygen atoms in total. The van der Waals surface area contributed by atoms with Gasteiger partial charge in [0.15, 0.2) is 5.65 Å². The second-order valence-electron chi connectivity index (χ2n) is 8.30. The van der Waals surface area contributed by atoms with Crippen LogP contribution >= 0.6 is 0 Å². The smallest absolute Gasteiger partial charge is 0.282 e. The minimum absolute atomic E-state index is 0.0842. The zero-order valence-electron chi connectivity index (χ0n) is 18.7. The Morgan fingerprint density at radius 3 is 2.85 bits per heavy atom. The Kier molecular flexibility index (Phi) is 7.24. The largest absolute Gasteiger partial charge is 0.395 e. The molecule has 1 unspecified atom stereocenters. The van der Waals surface area contributed by atoms with Crippen LogP contribution in [0.2, 0.25) is 0 Å². The Labute approximate surface area is 196 Å². The summed E-state index contributed by atoms with van der Waals surface area (Å²) in [5, 5.41) is 16.3. The Bertz CT molecular complexity index is 1250. The molecule has 13 heteroatoms. The van der Waals surface area contributed by atoms with Gasteiger partial charge in [0.2, 0.25) is 10.0 Å². The number of rotatable bonds is 9. The third-order valence-corrected chi connectivity index (χ3v) is 6.30. The molecule has 0 aliphatic carbocycles. The number of piperidine rings is 1. The molecule has 1 aliphatic heterocycles. The summed E-state index contributed by atoms with van der Waals surface area (Å²) < 4.78 is 53.4. The Hall–Kier alpha value is -2.90. The van der Waals surface area contributed by atoms with Gasteiger partial charge in [-0.25, -0.2) is 36.4 Å². The third kappa shape index (κ3) is 5.77. The summed E-state index contributed by atoms with van der Waals surface area (Å²) in [6.07, 6.45) is 1.77. The van der Waals surface area contributed by atoms with Crippen molar-refractivity contribution in [2.45, 2.75) is 19.3 Å². The van der Waals surface area contributed by atoms with Gasteiger partial charge in [-0.2, -0.15) is 5.10 Å². The first-order chi connectivity index (χ1) is 16.2. The Morgan fingerprint density at radius 1 is 1.29 bits per heavy atom. The van der Waals surface area contributed by atoms with Gasteiger partial charge in [-0.1, -0.05) is 0 Å². The molecular formula is C21H27F2N7O3S. The third-order valence-electron chi connectivity index (χ3n) is 5.61. The van der Waals surface area contributed by atoms with Crippen molar-refractivity contribution in [2.24, 2.45) is 5.92 Å². The fourth-order valence-electron chi connectivity index (χ4n) is 4.01. The molecule has 0 amide bonds. The number of nitrogens with zero attached hydrogens (tertiary/aromatic N) is 5. The molecule has 0 aromatic carbocycles. The number of anilines is 2. The molecular weight excluding hydrogens is 468 g/mol. The topological polar surface area (TPSA) is 125 Å². The number of fused-ring (bicyclic) bond motifs is 1. The summed E-state index contributed by atoms with van der Waals surface area (Å²) in [5.74, 6) is 1.29. The van der Waals surface area contributed by atoms with E-state index in [1.807, 2.05) is 6.07 Å². The minimum Gasteiger partial charge on any atom is -0.395 e. The van der Waals surface area contributed by atoms with Crippen LogP contribution in [0.15, 0.2) is 30.5 Å².